The molecule has 0 saturated heterocycles. The van der Waals surface area contributed by atoms with Gasteiger partial charge in [-0.1, -0.05) is 6.07 Å². The fourth-order valence-corrected chi connectivity index (χ4v) is 2.89. The number of amides is 2. The van der Waals surface area contributed by atoms with Gasteiger partial charge in [-0.25, -0.2) is 0 Å². The van der Waals surface area contributed by atoms with Gasteiger partial charge in [0, 0.05) is 17.5 Å². The second-order valence-electron chi connectivity index (χ2n) is 4.79. The van der Waals surface area contributed by atoms with Crippen molar-refractivity contribution in [1.29, 1.82) is 0 Å². The number of rotatable bonds is 3. The van der Waals surface area contributed by atoms with E-state index in [9.17, 15) is 9.59 Å². The Labute approximate surface area is 126 Å². The number of anilines is 1. The van der Waals surface area contributed by atoms with Gasteiger partial charge in [-0.05, 0) is 29.6 Å². The fourth-order valence-electron chi connectivity index (χ4n) is 2.14. The van der Waals surface area contributed by atoms with Gasteiger partial charge >= 0.3 is 0 Å². The third-order valence-electron chi connectivity index (χ3n) is 3.18. The lowest BCUT2D eigenvalue weighted by molar-refractivity contribution is -0.118. The number of benzene rings is 1. The molecule has 5 nitrogen and oxygen atoms in total. The van der Waals surface area contributed by atoms with Crippen molar-refractivity contribution in [2.24, 2.45) is 0 Å². The Morgan fingerprint density at radius 2 is 2.29 bits per heavy atom. The number of fused-ring (bicyclic) bond motifs is 1. The standard InChI is InChI=1S/C15H14N2O3S/c1-17(8-11-3-2-6-21-11)15(19)10-4-5-12-13(7-10)20-9-14(18)16-12/h2-7H,8-9H2,1H3,(H,16,18). The molecule has 0 radical (unpaired) electrons. The Hall–Kier alpha value is -2.34. The molecule has 2 aromatic rings. The first-order valence-electron chi connectivity index (χ1n) is 6.48. The largest absolute Gasteiger partial charge is 0.482 e. The monoisotopic (exact) mass is 302 g/mol. The number of hydrogen-bond donors (Lipinski definition) is 1. The molecule has 1 aromatic carbocycles. The average Bonchev–Trinajstić information content (AvgIpc) is 2.98. The first-order chi connectivity index (χ1) is 10.1. The van der Waals surface area contributed by atoms with Crippen LogP contribution in [0.3, 0.4) is 0 Å². The number of nitrogens with zero attached hydrogens (tertiary/aromatic N) is 1. The van der Waals surface area contributed by atoms with Gasteiger partial charge < -0.3 is 15.0 Å². The zero-order valence-corrected chi connectivity index (χ0v) is 12.3. The summed E-state index contributed by atoms with van der Waals surface area (Å²) < 4.78 is 5.33. The summed E-state index contributed by atoms with van der Waals surface area (Å²) in [4.78, 5) is 26.4. The summed E-state index contributed by atoms with van der Waals surface area (Å²) in [5.41, 5.74) is 1.15. The first-order valence-corrected chi connectivity index (χ1v) is 7.36. The molecule has 1 aromatic heterocycles. The second kappa shape index (κ2) is 5.57. The fraction of sp³-hybridized carbons (Fsp3) is 0.200. The molecule has 2 heterocycles. The number of carbonyl (C=O) groups excluding carboxylic acids is 2. The van der Waals surface area contributed by atoms with Crippen LogP contribution in [0.2, 0.25) is 0 Å². The van der Waals surface area contributed by atoms with Crippen molar-refractivity contribution < 1.29 is 14.3 Å². The van der Waals surface area contributed by atoms with Gasteiger partial charge in [0.2, 0.25) is 0 Å². The summed E-state index contributed by atoms with van der Waals surface area (Å²) in [7, 11) is 1.77. The van der Waals surface area contributed by atoms with Crippen molar-refractivity contribution in [3.05, 3.63) is 46.2 Å². The minimum atomic E-state index is -0.184. The van der Waals surface area contributed by atoms with Gasteiger partial charge in [-0.15, -0.1) is 11.3 Å². The van der Waals surface area contributed by atoms with E-state index < -0.39 is 0 Å². The molecule has 1 aliphatic rings. The molecule has 1 aliphatic heterocycles. The zero-order valence-electron chi connectivity index (χ0n) is 11.5. The molecule has 0 fully saturated rings. The van der Waals surface area contributed by atoms with Gasteiger partial charge in [-0.3, -0.25) is 9.59 Å². The lowest BCUT2D eigenvalue weighted by atomic mass is 10.1. The Bertz CT molecular complexity index is 682. The Balaban J connectivity index is 1.77. The predicted molar refractivity (Wildman–Crippen MR) is 80.7 cm³/mol. The number of thiophene rings is 1. The van der Waals surface area contributed by atoms with Gasteiger partial charge in [0.25, 0.3) is 11.8 Å². The smallest absolute Gasteiger partial charge is 0.262 e. The van der Waals surface area contributed by atoms with Gasteiger partial charge in [0.15, 0.2) is 6.61 Å². The van der Waals surface area contributed by atoms with E-state index >= 15 is 0 Å². The lowest BCUT2D eigenvalue weighted by Crippen LogP contribution is -2.27. The Morgan fingerprint density at radius 1 is 1.43 bits per heavy atom. The molecule has 1 N–H and O–H groups in total. The third-order valence-corrected chi connectivity index (χ3v) is 4.04. The highest BCUT2D eigenvalue weighted by Crippen LogP contribution is 2.29. The van der Waals surface area contributed by atoms with E-state index in [1.54, 1.807) is 41.5 Å². The SMILES string of the molecule is CN(Cc1cccs1)C(=O)c1ccc2c(c1)OCC(=O)N2. The normalized spacial score (nSPS) is 13.1. The van der Waals surface area contributed by atoms with E-state index in [4.69, 9.17) is 4.74 Å². The van der Waals surface area contributed by atoms with Gasteiger partial charge in [0.05, 0.1) is 12.2 Å². The minimum absolute atomic E-state index is 0.0182. The molecule has 6 heteroatoms. The maximum absolute atomic E-state index is 12.4. The van der Waals surface area contributed by atoms with Crippen LogP contribution in [0.1, 0.15) is 15.2 Å². The van der Waals surface area contributed by atoms with Crippen molar-refractivity contribution in [2.45, 2.75) is 6.54 Å². The predicted octanol–water partition coefficient (Wildman–Crippen LogP) is 2.35. The average molecular weight is 302 g/mol. The maximum atomic E-state index is 12.4. The van der Waals surface area contributed by atoms with Crippen LogP contribution < -0.4 is 10.1 Å². The van der Waals surface area contributed by atoms with E-state index in [-0.39, 0.29) is 18.4 Å². The molecular formula is C15H14N2O3S. The molecule has 0 spiro atoms. The summed E-state index contributed by atoms with van der Waals surface area (Å²) in [5.74, 6) is 0.271. The van der Waals surface area contributed by atoms with E-state index in [0.29, 0.717) is 23.5 Å². The Kier molecular flexibility index (Phi) is 3.62. The minimum Gasteiger partial charge on any atom is -0.482 e. The highest BCUT2D eigenvalue weighted by molar-refractivity contribution is 7.09. The van der Waals surface area contributed by atoms with Crippen LogP contribution >= 0.6 is 11.3 Å². The van der Waals surface area contributed by atoms with Crippen LogP contribution in [0.25, 0.3) is 0 Å². The highest BCUT2D eigenvalue weighted by Gasteiger charge is 2.19. The number of hydrogen-bond acceptors (Lipinski definition) is 4. The van der Waals surface area contributed by atoms with Crippen molar-refractivity contribution in [3.63, 3.8) is 0 Å². The first kappa shape index (κ1) is 13.6. The summed E-state index contributed by atoms with van der Waals surface area (Å²) in [6.07, 6.45) is 0. The molecule has 0 bridgehead atoms. The van der Waals surface area contributed by atoms with Crippen LogP contribution in [0.5, 0.6) is 5.75 Å². The molecule has 0 atom stereocenters. The van der Waals surface area contributed by atoms with Crippen LogP contribution in [-0.4, -0.2) is 30.4 Å². The van der Waals surface area contributed by atoms with Gasteiger partial charge in [-0.2, -0.15) is 0 Å². The zero-order chi connectivity index (χ0) is 14.8. The molecule has 0 saturated carbocycles. The number of ether oxygens (including phenoxy) is 1. The molecule has 21 heavy (non-hydrogen) atoms. The van der Waals surface area contributed by atoms with Crippen molar-refractivity contribution >= 4 is 28.8 Å². The van der Waals surface area contributed by atoms with E-state index in [1.165, 1.54) is 0 Å². The molecule has 0 unspecified atom stereocenters. The van der Waals surface area contributed by atoms with Gasteiger partial charge in [0.1, 0.15) is 5.75 Å². The Morgan fingerprint density at radius 3 is 3.05 bits per heavy atom. The van der Waals surface area contributed by atoms with Crippen LogP contribution in [0, 0.1) is 0 Å². The van der Waals surface area contributed by atoms with E-state index in [1.807, 2.05) is 17.5 Å². The molecule has 0 aliphatic carbocycles. The molecule has 108 valence electrons. The van der Waals surface area contributed by atoms with Crippen molar-refractivity contribution in [3.8, 4) is 5.75 Å². The topological polar surface area (TPSA) is 58.6 Å². The van der Waals surface area contributed by atoms with E-state index in [0.717, 1.165) is 4.88 Å². The van der Waals surface area contributed by atoms with Crippen molar-refractivity contribution in [2.75, 3.05) is 19.0 Å². The van der Waals surface area contributed by atoms with E-state index in [2.05, 4.69) is 5.32 Å². The molecule has 3 rings (SSSR count). The maximum Gasteiger partial charge on any atom is 0.262 e. The van der Waals surface area contributed by atoms with Crippen molar-refractivity contribution in [1.82, 2.24) is 4.90 Å². The summed E-state index contributed by atoms with van der Waals surface area (Å²) >= 11 is 1.62. The number of nitrogens with one attached hydrogen (secondary N) is 1. The highest BCUT2D eigenvalue weighted by atomic mass is 32.1. The summed E-state index contributed by atoms with van der Waals surface area (Å²) in [6.45, 7) is 0.556. The lowest BCUT2D eigenvalue weighted by Gasteiger charge is -2.20. The summed E-state index contributed by atoms with van der Waals surface area (Å²) in [6, 6.07) is 9.02. The summed E-state index contributed by atoms with van der Waals surface area (Å²) in [5, 5.41) is 4.69. The molecule has 2 amide bonds. The number of carbonyl (C=O) groups is 2. The quantitative estimate of drug-likeness (QED) is 0.947. The van der Waals surface area contributed by atoms with Crippen LogP contribution in [-0.2, 0) is 11.3 Å². The van der Waals surface area contributed by atoms with Crippen LogP contribution in [0.4, 0.5) is 5.69 Å². The molecular weight excluding hydrogens is 288 g/mol. The second-order valence-corrected chi connectivity index (χ2v) is 5.82. The third kappa shape index (κ3) is 2.90. The van der Waals surface area contributed by atoms with Crippen LogP contribution in [0.15, 0.2) is 35.7 Å².